The van der Waals surface area contributed by atoms with Crippen molar-refractivity contribution in [1.82, 2.24) is 9.80 Å². The van der Waals surface area contributed by atoms with Gasteiger partial charge in [-0.3, -0.25) is 14.4 Å². The summed E-state index contributed by atoms with van der Waals surface area (Å²) in [5, 5.41) is 0. The summed E-state index contributed by atoms with van der Waals surface area (Å²) in [6.07, 6.45) is 0.454. The molecule has 1 aliphatic rings. The van der Waals surface area contributed by atoms with Crippen LogP contribution in [0.15, 0.2) is 54.6 Å². The lowest BCUT2D eigenvalue weighted by molar-refractivity contribution is -0.143. The van der Waals surface area contributed by atoms with Crippen LogP contribution >= 0.6 is 0 Å². The number of benzene rings is 2. The van der Waals surface area contributed by atoms with Crippen LogP contribution in [-0.2, 0) is 15.0 Å². The molecule has 2 amide bonds. The molecule has 0 bridgehead atoms. The van der Waals surface area contributed by atoms with Crippen LogP contribution in [0, 0.1) is 0 Å². The van der Waals surface area contributed by atoms with Crippen molar-refractivity contribution in [1.29, 1.82) is 0 Å². The SMILES string of the molecule is CCC(=O)c1ccc(OCC(=O)N2CCN(C(=O)C(C)(C)c3ccccc3)CC2)cc1. The second kappa shape index (κ2) is 9.77. The fourth-order valence-electron chi connectivity index (χ4n) is 3.71. The Hall–Kier alpha value is -3.15. The molecule has 1 heterocycles. The van der Waals surface area contributed by atoms with Gasteiger partial charge in [-0.25, -0.2) is 0 Å². The first kappa shape index (κ1) is 22.5. The third kappa shape index (κ3) is 5.32. The van der Waals surface area contributed by atoms with E-state index in [4.69, 9.17) is 4.74 Å². The zero-order valence-electron chi connectivity index (χ0n) is 18.5. The Kier molecular flexibility index (Phi) is 7.10. The highest BCUT2D eigenvalue weighted by molar-refractivity contribution is 5.95. The van der Waals surface area contributed by atoms with E-state index in [0.717, 1.165) is 5.56 Å². The summed E-state index contributed by atoms with van der Waals surface area (Å²) < 4.78 is 5.59. The number of ether oxygens (including phenoxy) is 1. The first-order chi connectivity index (χ1) is 14.8. The standard InChI is InChI=1S/C25H30N2O4/c1-4-22(28)19-10-12-21(13-11-19)31-18-23(29)26-14-16-27(17-15-26)24(30)25(2,3)20-8-6-5-7-9-20/h5-13H,4,14-18H2,1-3H3. The number of carbonyl (C=O) groups excluding carboxylic acids is 3. The molecule has 0 atom stereocenters. The van der Waals surface area contributed by atoms with Crippen LogP contribution in [0.2, 0.25) is 0 Å². The highest BCUT2D eigenvalue weighted by Gasteiger charge is 2.35. The molecule has 0 saturated carbocycles. The van der Waals surface area contributed by atoms with Gasteiger partial charge in [0.15, 0.2) is 12.4 Å². The monoisotopic (exact) mass is 422 g/mol. The molecule has 1 saturated heterocycles. The Balaban J connectivity index is 1.49. The van der Waals surface area contributed by atoms with E-state index < -0.39 is 5.41 Å². The number of carbonyl (C=O) groups is 3. The minimum Gasteiger partial charge on any atom is -0.484 e. The molecule has 31 heavy (non-hydrogen) atoms. The van der Waals surface area contributed by atoms with E-state index in [2.05, 4.69) is 0 Å². The van der Waals surface area contributed by atoms with Gasteiger partial charge in [0.05, 0.1) is 5.41 Å². The zero-order chi connectivity index (χ0) is 22.4. The van der Waals surface area contributed by atoms with Crippen LogP contribution in [0.25, 0.3) is 0 Å². The highest BCUT2D eigenvalue weighted by atomic mass is 16.5. The predicted octanol–water partition coefficient (Wildman–Crippen LogP) is 3.31. The molecular weight excluding hydrogens is 392 g/mol. The number of piperazine rings is 1. The number of amides is 2. The number of rotatable bonds is 7. The van der Waals surface area contributed by atoms with E-state index in [1.54, 1.807) is 29.2 Å². The number of Topliss-reactive ketones (excluding diaryl/α,β-unsaturated/α-hetero) is 1. The van der Waals surface area contributed by atoms with Crippen molar-refractivity contribution in [2.24, 2.45) is 0 Å². The molecule has 1 aliphatic heterocycles. The maximum absolute atomic E-state index is 13.1. The van der Waals surface area contributed by atoms with Crippen LogP contribution in [0.1, 0.15) is 43.1 Å². The van der Waals surface area contributed by atoms with E-state index in [-0.39, 0.29) is 24.2 Å². The average Bonchev–Trinajstić information content (AvgIpc) is 2.82. The number of hydrogen-bond acceptors (Lipinski definition) is 4. The third-order valence-electron chi connectivity index (χ3n) is 5.81. The maximum Gasteiger partial charge on any atom is 0.260 e. The van der Waals surface area contributed by atoms with Crippen molar-refractivity contribution in [3.8, 4) is 5.75 Å². The molecule has 164 valence electrons. The molecule has 0 radical (unpaired) electrons. The van der Waals surface area contributed by atoms with Gasteiger partial charge in [0.1, 0.15) is 5.75 Å². The molecule has 6 nitrogen and oxygen atoms in total. The van der Waals surface area contributed by atoms with Gasteiger partial charge in [-0.2, -0.15) is 0 Å². The Morgan fingerprint density at radius 3 is 2.03 bits per heavy atom. The first-order valence-corrected chi connectivity index (χ1v) is 10.7. The van der Waals surface area contributed by atoms with Gasteiger partial charge in [0.2, 0.25) is 5.91 Å². The Labute approximate surface area is 183 Å². The lowest BCUT2D eigenvalue weighted by Gasteiger charge is -2.38. The van der Waals surface area contributed by atoms with Crippen LogP contribution in [0.5, 0.6) is 5.75 Å². The van der Waals surface area contributed by atoms with Gasteiger partial charge < -0.3 is 14.5 Å². The summed E-state index contributed by atoms with van der Waals surface area (Å²) in [7, 11) is 0. The Morgan fingerprint density at radius 2 is 1.45 bits per heavy atom. The molecule has 2 aromatic carbocycles. The quantitative estimate of drug-likeness (QED) is 0.642. The molecule has 6 heteroatoms. The maximum atomic E-state index is 13.1. The summed E-state index contributed by atoms with van der Waals surface area (Å²) in [5.41, 5.74) is 1.01. The molecular formula is C25H30N2O4. The molecule has 0 unspecified atom stereocenters. The lowest BCUT2D eigenvalue weighted by Crippen LogP contribution is -2.55. The van der Waals surface area contributed by atoms with Crippen molar-refractivity contribution in [2.45, 2.75) is 32.6 Å². The van der Waals surface area contributed by atoms with Crippen molar-refractivity contribution >= 4 is 17.6 Å². The second-order valence-corrected chi connectivity index (χ2v) is 8.25. The minimum atomic E-state index is -0.609. The summed E-state index contributed by atoms with van der Waals surface area (Å²) in [4.78, 5) is 40.9. The lowest BCUT2D eigenvalue weighted by atomic mass is 9.83. The van der Waals surface area contributed by atoms with E-state index in [9.17, 15) is 14.4 Å². The normalized spacial score (nSPS) is 14.3. The van der Waals surface area contributed by atoms with Crippen LogP contribution < -0.4 is 4.74 Å². The van der Waals surface area contributed by atoms with E-state index >= 15 is 0 Å². The molecule has 0 aromatic heterocycles. The van der Waals surface area contributed by atoms with Gasteiger partial charge in [0.25, 0.3) is 5.91 Å². The van der Waals surface area contributed by atoms with Crippen LogP contribution in [0.3, 0.4) is 0 Å². The Morgan fingerprint density at radius 1 is 0.871 bits per heavy atom. The largest absolute Gasteiger partial charge is 0.484 e. The van der Waals surface area contributed by atoms with Gasteiger partial charge in [-0.1, -0.05) is 37.3 Å². The molecule has 0 N–H and O–H groups in total. The van der Waals surface area contributed by atoms with Gasteiger partial charge >= 0.3 is 0 Å². The van der Waals surface area contributed by atoms with Crippen LogP contribution in [0.4, 0.5) is 0 Å². The summed E-state index contributed by atoms with van der Waals surface area (Å²) in [6, 6.07) is 16.6. The topological polar surface area (TPSA) is 66.9 Å². The van der Waals surface area contributed by atoms with E-state index in [0.29, 0.717) is 43.9 Å². The first-order valence-electron chi connectivity index (χ1n) is 10.7. The van der Waals surface area contributed by atoms with Crippen molar-refractivity contribution in [3.05, 3.63) is 65.7 Å². The summed E-state index contributed by atoms with van der Waals surface area (Å²) in [6.45, 7) is 7.63. The zero-order valence-corrected chi connectivity index (χ0v) is 18.5. The number of nitrogens with zero attached hydrogens (tertiary/aromatic N) is 2. The van der Waals surface area contributed by atoms with Crippen molar-refractivity contribution in [3.63, 3.8) is 0 Å². The highest BCUT2D eigenvalue weighted by Crippen LogP contribution is 2.26. The minimum absolute atomic E-state index is 0.0650. The summed E-state index contributed by atoms with van der Waals surface area (Å²) >= 11 is 0. The smallest absolute Gasteiger partial charge is 0.260 e. The molecule has 0 aliphatic carbocycles. The average molecular weight is 423 g/mol. The molecule has 2 aromatic rings. The molecule has 1 fully saturated rings. The third-order valence-corrected chi connectivity index (χ3v) is 5.81. The van der Waals surface area contributed by atoms with Crippen molar-refractivity contribution in [2.75, 3.05) is 32.8 Å². The summed E-state index contributed by atoms with van der Waals surface area (Å²) in [5.74, 6) is 0.594. The van der Waals surface area contributed by atoms with Gasteiger partial charge in [-0.05, 0) is 43.7 Å². The van der Waals surface area contributed by atoms with Gasteiger partial charge in [0, 0.05) is 38.2 Å². The van der Waals surface area contributed by atoms with Crippen molar-refractivity contribution < 1.29 is 19.1 Å². The predicted molar refractivity (Wildman–Crippen MR) is 119 cm³/mol. The van der Waals surface area contributed by atoms with E-state index in [1.165, 1.54) is 0 Å². The molecule has 3 rings (SSSR count). The second-order valence-electron chi connectivity index (χ2n) is 8.25. The fourth-order valence-corrected chi connectivity index (χ4v) is 3.71. The van der Waals surface area contributed by atoms with Gasteiger partial charge in [-0.15, -0.1) is 0 Å². The van der Waals surface area contributed by atoms with E-state index in [1.807, 2.05) is 56.0 Å². The molecule has 0 spiro atoms. The fraction of sp³-hybridized carbons (Fsp3) is 0.400. The number of hydrogen-bond donors (Lipinski definition) is 0. The van der Waals surface area contributed by atoms with Crippen LogP contribution in [-0.4, -0.2) is 60.2 Å². The Bertz CT molecular complexity index is 914. The number of ketones is 1.